The number of carbonyl (C=O) groups is 2. The second-order valence-corrected chi connectivity index (χ2v) is 6.24. The smallest absolute Gasteiger partial charge is 0.381 e. The Morgan fingerprint density at radius 3 is 2.52 bits per heavy atom. The van der Waals surface area contributed by atoms with Gasteiger partial charge in [-0.2, -0.15) is 13.2 Å². The fourth-order valence-corrected chi connectivity index (χ4v) is 3.16. The van der Waals surface area contributed by atoms with Gasteiger partial charge in [-0.05, 0) is 19.4 Å². The zero-order valence-corrected chi connectivity index (χ0v) is 12.8. The summed E-state index contributed by atoms with van der Waals surface area (Å²) in [5, 5.41) is 2.68. The van der Waals surface area contributed by atoms with Crippen molar-refractivity contribution in [2.45, 2.75) is 37.4 Å². The molecule has 0 radical (unpaired) electrons. The lowest BCUT2D eigenvalue weighted by atomic mass is 9.87. The van der Waals surface area contributed by atoms with Gasteiger partial charge in [-0.3, -0.25) is 14.5 Å². The molecule has 1 atom stereocenters. The maximum absolute atomic E-state index is 12.5. The van der Waals surface area contributed by atoms with Crippen molar-refractivity contribution in [3.8, 4) is 0 Å². The molecular weight excluding hydrogens is 315 g/mol. The Labute approximate surface area is 132 Å². The number of hydrogen-bond donors (Lipinski definition) is 2. The van der Waals surface area contributed by atoms with Gasteiger partial charge in [0.05, 0.1) is 12.5 Å². The van der Waals surface area contributed by atoms with Gasteiger partial charge in [0.2, 0.25) is 11.8 Å². The van der Waals surface area contributed by atoms with Gasteiger partial charge < -0.3 is 15.8 Å². The van der Waals surface area contributed by atoms with Crippen LogP contribution < -0.4 is 11.1 Å². The molecule has 2 amide bonds. The number of hydrogen-bond acceptors (Lipinski definition) is 4. The first-order valence-electron chi connectivity index (χ1n) is 7.71. The lowest BCUT2D eigenvalue weighted by Crippen LogP contribution is -2.62. The zero-order valence-electron chi connectivity index (χ0n) is 12.8. The highest BCUT2D eigenvalue weighted by Gasteiger charge is 2.42. The van der Waals surface area contributed by atoms with Gasteiger partial charge in [-0.15, -0.1) is 0 Å². The summed E-state index contributed by atoms with van der Waals surface area (Å²) in [7, 11) is 0. The number of alkyl halides is 3. The van der Waals surface area contributed by atoms with Gasteiger partial charge in [-0.1, -0.05) is 0 Å². The van der Waals surface area contributed by atoms with E-state index in [1.807, 2.05) is 0 Å². The molecule has 0 saturated carbocycles. The topological polar surface area (TPSA) is 84.7 Å². The van der Waals surface area contributed by atoms with Crippen LogP contribution in [0.25, 0.3) is 0 Å². The third kappa shape index (κ3) is 4.81. The molecule has 9 heteroatoms. The minimum atomic E-state index is -4.28. The van der Waals surface area contributed by atoms with Crippen molar-refractivity contribution >= 4 is 11.8 Å². The van der Waals surface area contributed by atoms with Crippen molar-refractivity contribution in [2.24, 2.45) is 11.7 Å². The Bertz CT molecular complexity index is 450. The molecule has 23 heavy (non-hydrogen) atoms. The maximum Gasteiger partial charge on any atom is 0.401 e. The molecule has 0 spiro atoms. The van der Waals surface area contributed by atoms with Gasteiger partial charge in [0.1, 0.15) is 5.54 Å². The largest absolute Gasteiger partial charge is 0.401 e. The molecule has 2 aliphatic heterocycles. The van der Waals surface area contributed by atoms with Gasteiger partial charge >= 0.3 is 6.18 Å². The standard InChI is InChI=1S/C14H22F3N3O3/c15-14(16,17)9-20-5-1-2-10(8-20)11(21)19-13(12(18)22)3-6-23-7-4-13/h10H,1-9H2,(H2,18,22)(H,19,21). The third-order valence-electron chi connectivity index (χ3n) is 4.46. The summed E-state index contributed by atoms with van der Waals surface area (Å²) < 4.78 is 42.7. The molecule has 132 valence electrons. The van der Waals surface area contributed by atoms with E-state index >= 15 is 0 Å². The van der Waals surface area contributed by atoms with E-state index < -0.39 is 36.0 Å². The molecule has 2 aliphatic rings. The Balaban J connectivity index is 1.97. The Hall–Kier alpha value is -1.35. The summed E-state index contributed by atoms with van der Waals surface area (Å²) in [5.41, 5.74) is 4.27. The number of ether oxygens (including phenoxy) is 1. The SMILES string of the molecule is NC(=O)C1(NC(=O)C2CCCN(CC(F)(F)F)C2)CCOCC1. The van der Waals surface area contributed by atoms with Gasteiger partial charge in [0.25, 0.3) is 0 Å². The molecule has 0 bridgehead atoms. The highest BCUT2D eigenvalue weighted by atomic mass is 19.4. The van der Waals surface area contributed by atoms with Crippen LogP contribution in [0.3, 0.4) is 0 Å². The lowest BCUT2D eigenvalue weighted by Gasteiger charge is -2.38. The monoisotopic (exact) mass is 337 g/mol. The molecule has 0 aromatic heterocycles. The molecular formula is C14H22F3N3O3. The number of primary amides is 1. The number of amides is 2. The van der Waals surface area contributed by atoms with E-state index in [9.17, 15) is 22.8 Å². The van der Waals surface area contributed by atoms with Crippen molar-refractivity contribution in [1.29, 1.82) is 0 Å². The second kappa shape index (κ2) is 7.04. The molecule has 0 aliphatic carbocycles. The summed E-state index contributed by atoms with van der Waals surface area (Å²) in [6.07, 6.45) is -2.69. The molecule has 2 saturated heterocycles. The van der Waals surface area contributed by atoms with E-state index in [1.54, 1.807) is 0 Å². The molecule has 2 heterocycles. The average molecular weight is 337 g/mol. The number of nitrogens with two attached hydrogens (primary N) is 1. The first-order chi connectivity index (χ1) is 10.7. The quantitative estimate of drug-likeness (QED) is 0.778. The molecule has 0 aromatic rings. The molecule has 6 nitrogen and oxygen atoms in total. The summed E-state index contributed by atoms with van der Waals surface area (Å²) in [6.45, 7) is -0.0392. The number of piperidine rings is 1. The van der Waals surface area contributed by atoms with Crippen LogP contribution in [0.1, 0.15) is 25.7 Å². The highest BCUT2D eigenvalue weighted by molar-refractivity contribution is 5.91. The van der Waals surface area contributed by atoms with E-state index in [2.05, 4.69) is 5.32 Å². The molecule has 0 aromatic carbocycles. The van der Waals surface area contributed by atoms with E-state index in [4.69, 9.17) is 10.5 Å². The van der Waals surface area contributed by atoms with Crippen molar-refractivity contribution in [1.82, 2.24) is 10.2 Å². The first-order valence-corrected chi connectivity index (χ1v) is 7.71. The van der Waals surface area contributed by atoms with E-state index in [0.29, 0.717) is 32.6 Å². The predicted octanol–water partition coefficient (Wildman–Crippen LogP) is 0.411. The van der Waals surface area contributed by atoms with Crippen molar-refractivity contribution in [2.75, 3.05) is 32.8 Å². The maximum atomic E-state index is 12.5. The van der Waals surface area contributed by atoms with Crippen LogP contribution in [0.2, 0.25) is 0 Å². The van der Waals surface area contributed by atoms with Crippen LogP contribution in [0.5, 0.6) is 0 Å². The fourth-order valence-electron chi connectivity index (χ4n) is 3.16. The number of carbonyl (C=O) groups excluding carboxylic acids is 2. The molecule has 2 rings (SSSR count). The minimum Gasteiger partial charge on any atom is -0.381 e. The van der Waals surface area contributed by atoms with Crippen LogP contribution in [0.15, 0.2) is 0 Å². The number of rotatable bonds is 4. The molecule has 3 N–H and O–H groups in total. The Morgan fingerprint density at radius 2 is 1.96 bits per heavy atom. The predicted molar refractivity (Wildman–Crippen MR) is 75.3 cm³/mol. The third-order valence-corrected chi connectivity index (χ3v) is 4.46. The van der Waals surface area contributed by atoms with Gasteiger partial charge in [-0.25, -0.2) is 0 Å². The van der Waals surface area contributed by atoms with Crippen molar-refractivity contribution in [3.05, 3.63) is 0 Å². The molecule has 2 fully saturated rings. The summed E-state index contributed by atoms with van der Waals surface area (Å²) in [6, 6.07) is 0. The second-order valence-electron chi connectivity index (χ2n) is 6.24. The van der Waals surface area contributed by atoms with Crippen LogP contribution in [-0.2, 0) is 14.3 Å². The minimum absolute atomic E-state index is 0.0384. The van der Waals surface area contributed by atoms with Crippen LogP contribution in [0.4, 0.5) is 13.2 Å². The zero-order chi connectivity index (χ0) is 17.1. The van der Waals surface area contributed by atoms with Crippen LogP contribution in [-0.4, -0.2) is 61.3 Å². The van der Waals surface area contributed by atoms with Crippen molar-refractivity contribution in [3.63, 3.8) is 0 Å². The van der Waals surface area contributed by atoms with E-state index in [1.165, 1.54) is 4.90 Å². The first kappa shape index (κ1) is 18.0. The summed E-state index contributed by atoms with van der Waals surface area (Å²) >= 11 is 0. The number of nitrogens with one attached hydrogen (secondary N) is 1. The summed E-state index contributed by atoms with van der Waals surface area (Å²) in [4.78, 5) is 25.4. The molecule has 1 unspecified atom stereocenters. The Morgan fingerprint density at radius 1 is 1.30 bits per heavy atom. The Kier molecular flexibility index (Phi) is 5.51. The van der Waals surface area contributed by atoms with Crippen molar-refractivity contribution < 1.29 is 27.5 Å². The average Bonchev–Trinajstić information content (AvgIpc) is 2.46. The lowest BCUT2D eigenvalue weighted by molar-refractivity contribution is -0.153. The van der Waals surface area contributed by atoms with Crippen LogP contribution >= 0.6 is 0 Å². The van der Waals surface area contributed by atoms with E-state index in [0.717, 1.165) is 0 Å². The van der Waals surface area contributed by atoms with E-state index in [-0.39, 0.29) is 19.4 Å². The van der Waals surface area contributed by atoms with Crippen LogP contribution in [0, 0.1) is 5.92 Å². The van der Waals surface area contributed by atoms with Gasteiger partial charge in [0, 0.05) is 32.6 Å². The summed E-state index contributed by atoms with van der Waals surface area (Å²) in [5.74, 6) is -1.60. The number of nitrogens with zero attached hydrogens (tertiary/aromatic N) is 1. The highest BCUT2D eigenvalue weighted by Crippen LogP contribution is 2.25. The normalized spacial score (nSPS) is 25.8. The van der Waals surface area contributed by atoms with Gasteiger partial charge in [0.15, 0.2) is 0 Å². The number of likely N-dealkylation sites (tertiary alicyclic amines) is 1. The number of halogens is 3. The fraction of sp³-hybridized carbons (Fsp3) is 0.857.